The Morgan fingerprint density at radius 1 is 1.15 bits per heavy atom. The first-order valence-electron chi connectivity index (χ1n) is 8.93. The van der Waals surface area contributed by atoms with E-state index in [9.17, 15) is 0 Å². The van der Waals surface area contributed by atoms with Crippen molar-refractivity contribution in [1.29, 1.82) is 0 Å². The lowest BCUT2D eigenvalue weighted by molar-refractivity contribution is 0.178. The number of nitrogens with zero attached hydrogens (tertiary/aromatic N) is 3. The van der Waals surface area contributed by atoms with E-state index in [1.54, 1.807) is 0 Å². The molecule has 1 N–H and O–H groups in total. The summed E-state index contributed by atoms with van der Waals surface area (Å²) < 4.78 is 0. The number of piperidine rings is 1. The summed E-state index contributed by atoms with van der Waals surface area (Å²) in [5.41, 5.74) is 3.46. The summed E-state index contributed by atoms with van der Waals surface area (Å²) in [5.74, 6) is 1.08. The van der Waals surface area contributed by atoms with Crippen molar-refractivity contribution in [2.45, 2.75) is 25.8 Å². The van der Waals surface area contributed by atoms with E-state index in [0.717, 1.165) is 49.4 Å². The zero-order valence-corrected chi connectivity index (χ0v) is 16.3. The standard InChI is InChI=1S/C20H22Cl2N4/c1-26-8-4-20(5-9-26)12-15-10-16(21)17(22)11-18(15)25-19(20)24-13-14-2-6-23-7-3-14/h2-3,6-7,10-11H,4-5,8-9,12-13H2,1H3,(H,24,25). The number of halogens is 2. The van der Waals surface area contributed by atoms with Crippen LogP contribution in [0.25, 0.3) is 0 Å². The van der Waals surface area contributed by atoms with Crippen LogP contribution in [0.5, 0.6) is 0 Å². The summed E-state index contributed by atoms with van der Waals surface area (Å²) in [6, 6.07) is 7.95. The highest BCUT2D eigenvalue weighted by atomic mass is 35.5. The van der Waals surface area contributed by atoms with Crippen LogP contribution in [-0.2, 0) is 13.0 Å². The highest BCUT2D eigenvalue weighted by Crippen LogP contribution is 2.44. The molecule has 0 saturated carbocycles. The molecule has 0 amide bonds. The number of benzene rings is 1. The summed E-state index contributed by atoms with van der Waals surface area (Å²) in [6.45, 7) is 2.80. The molecule has 0 aliphatic carbocycles. The van der Waals surface area contributed by atoms with E-state index in [2.05, 4.69) is 22.2 Å². The number of aromatic nitrogens is 1. The summed E-state index contributed by atoms with van der Waals surface area (Å²) in [5, 5.41) is 4.78. The average Bonchev–Trinajstić information content (AvgIpc) is 2.65. The average molecular weight is 389 g/mol. The van der Waals surface area contributed by atoms with Gasteiger partial charge in [-0.3, -0.25) is 9.98 Å². The molecular weight excluding hydrogens is 367 g/mol. The van der Waals surface area contributed by atoms with E-state index in [-0.39, 0.29) is 5.41 Å². The lowest BCUT2D eigenvalue weighted by Gasteiger charge is -2.45. The van der Waals surface area contributed by atoms with E-state index >= 15 is 0 Å². The van der Waals surface area contributed by atoms with Crippen molar-refractivity contribution in [2.75, 3.05) is 25.5 Å². The lowest BCUT2D eigenvalue weighted by Crippen LogP contribution is -2.49. The van der Waals surface area contributed by atoms with Gasteiger partial charge in [0.1, 0.15) is 5.84 Å². The van der Waals surface area contributed by atoms with Crippen LogP contribution in [0.15, 0.2) is 41.7 Å². The lowest BCUT2D eigenvalue weighted by atomic mass is 9.70. The maximum atomic E-state index is 6.27. The van der Waals surface area contributed by atoms with Gasteiger partial charge in [0.2, 0.25) is 0 Å². The van der Waals surface area contributed by atoms with Crippen molar-refractivity contribution >= 4 is 34.7 Å². The third-order valence-electron chi connectivity index (χ3n) is 5.54. The minimum absolute atomic E-state index is 0.0453. The molecule has 1 saturated heterocycles. The van der Waals surface area contributed by atoms with Gasteiger partial charge in [0.05, 0.1) is 16.6 Å². The molecule has 1 fully saturated rings. The number of fused-ring (bicyclic) bond motifs is 1. The molecule has 2 aliphatic rings. The van der Waals surface area contributed by atoms with Crippen LogP contribution in [0.4, 0.5) is 5.69 Å². The highest BCUT2D eigenvalue weighted by molar-refractivity contribution is 6.42. The van der Waals surface area contributed by atoms with Crippen LogP contribution in [0.3, 0.4) is 0 Å². The Morgan fingerprint density at radius 3 is 2.58 bits per heavy atom. The van der Waals surface area contributed by atoms with Crippen LogP contribution in [-0.4, -0.2) is 35.9 Å². The topological polar surface area (TPSA) is 40.5 Å². The largest absolute Gasteiger partial charge is 0.343 e. The first-order chi connectivity index (χ1) is 12.6. The fourth-order valence-corrected chi connectivity index (χ4v) is 4.23. The third kappa shape index (κ3) is 3.46. The van der Waals surface area contributed by atoms with Gasteiger partial charge in [-0.1, -0.05) is 23.2 Å². The number of pyridine rings is 1. The second-order valence-corrected chi connectivity index (χ2v) is 8.14. The van der Waals surface area contributed by atoms with E-state index in [1.165, 1.54) is 5.56 Å². The minimum Gasteiger partial charge on any atom is -0.343 e. The Labute approximate surface area is 164 Å². The zero-order chi connectivity index (χ0) is 18.1. The monoisotopic (exact) mass is 388 g/mol. The van der Waals surface area contributed by atoms with Gasteiger partial charge in [-0.15, -0.1) is 0 Å². The molecule has 26 heavy (non-hydrogen) atoms. The summed E-state index contributed by atoms with van der Waals surface area (Å²) in [7, 11) is 2.18. The first-order valence-corrected chi connectivity index (χ1v) is 9.69. The minimum atomic E-state index is 0.0453. The smallest absolute Gasteiger partial charge is 0.108 e. The van der Waals surface area contributed by atoms with Crippen LogP contribution < -0.4 is 5.32 Å². The SMILES string of the molecule is CN1CCC2(CC1)Cc1cc(Cl)c(Cl)cc1NC2=NCc1ccncc1. The van der Waals surface area contributed by atoms with Crippen molar-refractivity contribution in [3.05, 3.63) is 57.8 Å². The van der Waals surface area contributed by atoms with E-state index in [4.69, 9.17) is 28.2 Å². The number of anilines is 1. The second-order valence-electron chi connectivity index (χ2n) is 7.33. The molecular formula is C20H22Cl2N4. The quantitative estimate of drug-likeness (QED) is 0.812. The maximum Gasteiger partial charge on any atom is 0.108 e. The Morgan fingerprint density at radius 2 is 1.85 bits per heavy atom. The van der Waals surface area contributed by atoms with Gasteiger partial charge in [-0.25, -0.2) is 0 Å². The number of nitrogens with one attached hydrogen (secondary N) is 1. The fourth-order valence-electron chi connectivity index (χ4n) is 3.88. The van der Waals surface area contributed by atoms with Gasteiger partial charge >= 0.3 is 0 Å². The Kier molecular flexibility index (Phi) is 4.91. The molecule has 6 heteroatoms. The fraction of sp³-hybridized carbons (Fsp3) is 0.400. The summed E-state index contributed by atoms with van der Waals surface area (Å²) in [4.78, 5) is 11.5. The molecule has 4 rings (SSSR count). The van der Waals surface area contributed by atoms with Gasteiger partial charge in [0.15, 0.2) is 0 Å². The van der Waals surface area contributed by atoms with Crippen LogP contribution >= 0.6 is 23.2 Å². The first kappa shape index (κ1) is 17.8. The van der Waals surface area contributed by atoms with Gasteiger partial charge in [0.25, 0.3) is 0 Å². The van der Waals surface area contributed by atoms with Gasteiger partial charge < -0.3 is 10.2 Å². The Hall–Kier alpha value is -1.62. The van der Waals surface area contributed by atoms with E-state index in [1.807, 2.05) is 36.7 Å². The molecule has 4 nitrogen and oxygen atoms in total. The Balaban J connectivity index is 1.70. The zero-order valence-electron chi connectivity index (χ0n) is 14.8. The predicted molar refractivity (Wildman–Crippen MR) is 108 cm³/mol. The Bertz CT molecular complexity index is 827. The second kappa shape index (κ2) is 7.18. The molecule has 1 aromatic heterocycles. The van der Waals surface area contributed by atoms with Crippen molar-refractivity contribution in [3.8, 4) is 0 Å². The van der Waals surface area contributed by atoms with Gasteiger partial charge in [0, 0.05) is 23.5 Å². The number of hydrogen-bond donors (Lipinski definition) is 1. The molecule has 136 valence electrons. The van der Waals surface area contributed by atoms with Crippen molar-refractivity contribution in [1.82, 2.24) is 9.88 Å². The maximum absolute atomic E-state index is 6.27. The molecule has 3 heterocycles. The molecule has 0 unspecified atom stereocenters. The van der Waals surface area contributed by atoms with Crippen LogP contribution in [0.1, 0.15) is 24.0 Å². The molecule has 0 atom stereocenters. The molecule has 1 aromatic carbocycles. The van der Waals surface area contributed by atoms with E-state index in [0.29, 0.717) is 16.6 Å². The number of aliphatic imine (C=N–C) groups is 1. The van der Waals surface area contributed by atoms with Crippen LogP contribution in [0.2, 0.25) is 10.0 Å². The van der Waals surface area contributed by atoms with Crippen molar-refractivity contribution < 1.29 is 0 Å². The summed E-state index contributed by atoms with van der Waals surface area (Å²) in [6.07, 6.45) is 6.75. The normalized spacial score (nSPS) is 20.8. The predicted octanol–water partition coefficient (Wildman–Crippen LogP) is 4.67. The third-order valence-corrected chi connectivity index (χ3v) is 6.27. The van der Waals surface area contributed by atoms with Gasteiger partial charge in [-0.2, -0.15) is 0 Å². The molecule has 2 aromatic rings. The van der Waals surface area contributed by atoms with Crippen molar-refractivity contribution in [3.63, 3.8) is 0 Å². The molecule has 0 radical (unpaired) electrons. The highest BCUT2D eigenvalue weighted by Gasteiger charge is 2.42. The van der Waals surface area contributed by atoms with Crippen molar-refractivity contribution in [2.24, 2.45) is 10.4 Å². The van der Waals surface area contributed by atoms with Gasteiger partial charge in [-0.05, 0) is 74.8 Å². The van der Waals surface area contributed by atoms with E-state index < -0.39 is 0 Å². The summed E-state index contributed by atoms with van der Waals surface area (Å²) >= 11 is 12.5. The molecule has 1 spiro atoms. The number of rotatable bonds is 2. The molecule has 0 bridgehead atoms. The molecule has 2 aliphatic heterocycles. The number of likely N-dealkylation sites (tertiary alicyclic amines) is 1. The van der Waals surface area contributed by atoms with Crippen LogP contribution in [0, 0.1) is 5.41 Å². The number of amidine groups is 1. The number of hydrogen-bond acceptors (Lipinski definition) is 3.